The first-order valence-corrected chi connectivity index (χ1v) is 9.56. The van der Waals surface area contributed by atoms with Gasteiger partial charge in [-0.25, -0.2) is 0 Å². The molecule has 2 aliphatic rings. The lowest BCUT2D eigenvalue weighted by Crippen LogP contribution is -2.44. The van der Waals surface area contributed by atoms with E-state index in [0.717, 1.165) is 39.9 Å². The largest absolute Gasteiger partial charge is 0.307 e. The van der Waals surface area contributed by atoms with E-state index in [-0.39, 0.29) is 18.5 Å². The van der Waals surface area contributed by atoms with E-state index in [1.807, 2.05) is 61.5 Å². The Balaban J connectivity index is 1.53. The van der Waals surface area contributed by atoms with Crippen molar-refractivity contribution in [1.29, 1.82) is 0 Å². The van der Waals surface area contributed by atoms with Gasteiger partial charge in [0.1, 0.15) is 6.54 Å². The molecule has 2 aliphatic heterocycles. The molecule has 0 N–H and O–H groups in total. The van der Waals surface area contributed by atoms with E-state index in [9.17, 15) is 14.4 Å². The number of amides is 3. The second kappa shape index (κ2) is 7.04. The lowest BCUT2D eigenvalue weighted by molar-refractivity contribution is -0.128. The van der Waals surface area contributed by atoms with Crippen LogP contribution >= 0.6 is 11.8 Å². The molecule has 2 aromatic rings. The number of para-hydroxylation sites is 1. The third-order valence-corrected chi connectivity index (χ3v) is 5.65. The molecule has 3 amide bonds. The number of carbonyl (C=O) groups is 3. The standard InChI is InChI=1S/C21H18N2O3S/c1-14-11-16-9-5-6-10-17(16)23(14)19(24)13-22-20(25)18(27-21(22)26)12-15-7-3-2-4-8-15/h2-10,12,14H,11,13H2,1H3/b18-12+. The molecule has 0 saturated carbocycles. The van der Waals surface area contributed by atoms with Gasteiger partial charge in [-0.2, -0.15) is 0 Å². The second-order valence-electron chi connectivity index (χ2n) is 6.62. The van der Waals surface area contributed by atoms with Gasteiger partial charge in [0, 0.05) is 11.7 Å². The SMILES string of the molecule is CC1Cc2ccccc2N1C(=O)CN1C(=O)S/C(=C/c2ccccc2)C1=O. The average Bonchev–Trinajstić information content (AvgIpc) is 3.13. The van der Waals surface area contributed by atoms with E-state index in [1.54, 1.807) is 11.0 Å². The Morgan fingerprint density at radius 2 is 1.81 bits per heavy atom. The fourth-order valence-corrected chi connectivity index (χ4v) is 4.33. The smallest absolute Gasteiger partial charge is 0.294 e. The van der Waals surface area contributed by atoms with Crippen LogP contribution in [0.2, 0.25) is 0 Å². The van der Waals surface area contributed by atoms with Gasteiger partial charge < -0.3 is 4.90 Å². The zero-order valence-corrected chi connectivity index (χ0v) is 15.6. The lowest BCUT2D eigenvalue weighted by atomic mass is 10.1. The van der Waals surface area contributed by atoms with E-state index in [4.69, 9.17) is 0 Å². The van der Waals surface area contributed by atoms with Gasteiger partial charge in [0.05, 0.1) is 4.91 Å². The van der Waals surface area contributed by atoms with Crippen molar-refractivity contribution in [3.05, 3.63) is 70.6 Å². The van der Waals surface area contributed by atoms with Gasteiger partial charge in [-0.1, -0.05) is 48.5 Å². The summed E-state index contributed by atoms with van der Waals surface area (Å²) in [5, 5.41) is -0.407. The Kier molecular flexibility index (Phi) is 4.58. The molecule has 5 nitrogen and oxygen atoms in total. The Hall–Kier alpha value is -2.86. The van der Waals surface area contributed by atoms with Gasteiger partial charge in [0.2, 0.25) is 5.91 Å². The monoisotopic (exact) mass is 378 g/mol. The summed E-state index contributed by atoms with van der Waals surface area (Å²) < 4.78 is 0. The molecule has 0 aromatic heterocycles. The van der Waals surface area contributed by atoms with Crippen LogP contribution in [0, 0.1) is 0 Å². The molecule has 4 rings (SSSR count). The number of nitrogens with zero attached hydrogens (tertiary/aromatic N) is 2. The topological polar surface area (TPSA) is 57.7 Å². The molecule has 1 atom stereocenters. The molecule has 6 heteroatoms. The van der Waals surface area contributed by atoms with Crippen LogP contribution in [0.3, 0.4) is 0 Å². The van der Waals surface area contributed by atoms with Gasteiger partial charge in [0.25, 0.3) is 11.1 Å². The summed E-state index contributed by atoms with van der Waals surface area (Å²) in [5.41, 5.74) is 2.81. The summed E-state index contributed by atoms with van der Waals surface area (Å²) in [6.45, 7) is 1.73. The Morgan fingerprint density at radius 3 is 2.59 bits per heavy atom. The molecule has 0 spiro atoms. The highest BCUT2D eigenvalue weighted by Crippen LogP contribution is 2.34. The van der Waals surface area contributed by atoms with Crippen molar-refractivity contribution in [1.82, 2.24) is 4.90 Å². The molecular formula is C21H18N2O3S. The Morgan fingerprint density at radius 1 is 1.11 bits per heavy atom. The van der Waals surface area contributed by atoms with Gasteiger partial charge in [-0.3, -0.25) is 19.3 Å². The number of anilines is 1. The second-order valence-corrected chi connectivity index (χ2v) is 7.62. The molecule has 136 valence electrons. The number of benzene rings is 2. The minimum absolute atomic E-state index is 0.00897. The molecule has 1 saturated heterocycles. The average molecular weight is 378 g/mol. The van der Waals surface area contributed by atoms with Crippen molar-refractivity contribution < 1.29 is 14.4 Å². The van der Waals surface area contributed by atoms with Gasteiger partial charge in [-0.15, -0.1) is 0 Å². The molecule has 0 bridgehead atoms. The fourth-order valence-electron chi connectivity index (χ4n) is 3.49. The Bertz CT molecular complexity index is 955. The highest BCUT2D eigenvalue weighted by molar-refractivity contribution is 8.18. The highest BCUT2D eigenvalue weighted by atomic mass is 32.2. The summed E-state index contributed by atoms with van der Waals surface area (Å²) in [6, 6.07) is 17.1. The van der Waals surface area contributed by atoms with Crippen LogP contribution in [-0.4, -0.2) is 34.5 Å². The van der Waals surface area contributed by atoms with E-state index in [1.165, 1.54) is 0 Å². The number of hydrogen-bond acceptors (Lipinski definition) is 4. The number of rotatable bonds is 3. The third kappa shape index (κ3) is 3.28. The van der Waals surface area contributed by atoms with Crippen LogP contribution < -0.4 is 4.90 Å². The minimum atomic E-state index is -0.415. The zero-order valence-electron chi connectivity index (χ0n) is 14.8. The van der Waals surface area contributed by atoms with Gasteiger partial charge in [-0.05, 0) is 48.4 Å². The molecule has 1 fully saturated rings. The summed E-state index contributed by atoms with van der Waals surface area (Å²) in [5.74, 6) is -0.655. The number of hydrogen-bond donors (Lipinski definition) is 0. The molecule has 1 unspecified atom stereocenters. The Labute approximate surface area is 161 Å². The van der Waals surface area contributed by atoms with Crippen molar-refractivity contribution in [2.75, 3.05) is 11.4 Å². The minimum Gasteiger partial charge on any atom is -0.307 e. The van der Waals surface area contributed by atoms with Crippen molar-refractivity contribution in [2.24, 2.45) is 0 Å². The molecule has 2 heterocycles. The number of thioether (sulfide) groups is 1. The molecular weight excluding hydrogens is 360 g/mol. The van der Waals surface area contributed by atoms with Crippen molar-refractivity contribution in [3.8, 4) is 0 Å². The van der Waals surface area contributed by atoms with Crippen LogP contribution in [-0.2, 0) is 16.0 Å². The van der Waals surface area contributed by atoms with Crippen LogP contribution in [0.15, 0.2) is 59.5 Å². The van der Waals surface area contributed by atoms with Crippen LogP contribution in [0.25, 0.3) is 6.08 Å². The lowest BCUT2D eigenvalue weighted by Gasteiger charge is -2.24. The normalized spacial score (nSPS) is 20.5. The first-order valence-electron chi connectivity index (χ1n) is 8.75. The summed E-state index contributed by atoms with van der Waals surface area (Å²) in [7, 11) is 0. The van der Waals surface area contributed by atoms with E-state index in [0.29, 0.717) is 4.91 Å². The third-order valence-electron chi connectivity index (χ3n) is 4.74. The highest BCUT2D eigenvalue weighted by Gasteiger charge is 2.39. The van der Waals surface area contributed by atoms with Crippen molar-refractivity contribution >= 4 is 40.6 Å². The van der Waals surface area contributed by atoms with Crippen LogP contribution in [0.4, 0.5) is 10.5 Å². The number of fused-ring (bicyclic) bond motifs is 1. The number of imide groups is 1. The summed E-state index contributed by atoms with van der Waals surface area (Å²) >= 11 is 0.875. The maximum absolute atomic E-state index is 12.9. The molecule has 27 heavy (non-hydrogen) atoms. The van der Waals surface area contributed by atoms with Crippen molar-refractivity contribution in [2.45, 2.75) is 19.4 Å². The van der Waals surface area contributed by atoms with Crippen LogP contribution in [0.5, 0.6) is 0 Å². The van der Waals surface area contributed by atoms with Crippen molar-refractivity contribution in [3.63, 3.8) is 0 Å². The van der Waals surface area contributed by atoms with E-state index >= 15 is 0 Å². The molecule has 2 aromatic carbocycles. The molecule has 0 radical (unpaired) electrons. The predicted octanol–water partition coefficient (Wildman–Crippen LogP) is 3.70. The maximum atomic E-state index is 12.9. The fraction of sp³-hybridized carbons (Fsp3) is 0.190. The predicted molar refractivity (Wildman–Crippen MR) is 106 cm³/mol. The van der Waals surface area contributed by atoms with Gasteiger partial charge in [0.15, 0.2) is 0 Å². The van der Waals surface area contributed by atoms with Gasteiger partial charge >= 0.3 is 0 Å². The first-order chi connectivity index (χ1) is 13.0. The molecule has 0 aliphatic carbocycles. The number of carbonyl (C=O) groups excluding carboxylic acids is 3. The maximum Gasteiger partial charge on any atom is 0.294 e. The zero-order chi connectivity index (χ0) is 19.0. The van der Waals surface area contributed by atoms with E-state index in [2.05, 4.69) is 0 Å². The summed E-state index contributed by atoms with van der Waals surface area (Å²) in [6.07, 6.45) is 2.46. The van der Waals surface area contributed by atoms with Crippen LogP contribution in [0.1, 0.15) is 18.1 Å². The summed E-state index contributed by atoms with van der Waals surface area (Å²) in [4.78, 5) is 40.9. The van der Waals surface area contributed by atoms with E-state index < -0.39 is 11.1 Å². The first kappa shape index (κ1) is 17.5. The quantitative estimate of drug-likeness (QED) is 0.764.